The molecule has 0 fully saturated rings. The third kappa shape index (κ3) is 5.31. The van der Waals surface area contributed by atoms with Crippen LogP contribution in [0.1, 0.15) is 56.6 Å². The van der Waals surface area contributed by atoms with Crippen molar-refractivity contribution < 1.29 is 9.52 Å². The van der Waals surface area contributed by atoms with E-state index in [9.17, 15) is 0 Å². The maximum atomic E-state index is 8.64. The number of benzene rings is 1. The molecule has 0 saturated heterocycles. The second kappa shape index (κ2) is 7.80. The fourth-order valence-corrected chi connectivity index (χ4v) is 1.63. The minimum atomic E-state index is -0.00722. The molecule has 0 bridgehead atoms. The van der Waals surface area contributed by atoms with E-state index >= 15 is 0 Å². The maximum Gasteiger partial charge on any atom is 0.129 e. The van der Waals surface area contributed by atoms with Gasteiger partial charge in [-0.15, -0.1) is 0 Å². The van der Waals surface area contributed by atoms with Crippen LogP contribution in [0.3, 0.4) is 0 Å². The van der Waals surface area contributed by atoms with E-state index in [-0.39, 0.29) is 6.61 Å². The number of rotatable bonds is 3. The highest BCUT2D eigenvalue weighted by Gasteiger charge is 2.03. The summed E-state index contributed by atoms with van der Waals surface area (Å²) in [5.41, 5.74) is 1.41. The van der Waals surface area contributed by atoms with E-state index in [1.807, 2.05) is 12.1 Å². The minimum Gasteiger partial charge on any atom is -0.463 e. The van der Waals surface area contributed by atoms with Crippen LogP contribution in [0.4, 0.5) is 0 Å². The Morgan fingerprint density at radius 1 is 0.895 bits per heavy atom. The van der Waals surface area contributed by atoms with Crippen molar-refractivity contribution in [2.75, 3.05) is 0 Å². The van der Waals surface area contributed by atoms with Gasteiger partial charge in [-0.1, -0.05) is 58.0 Å². The van der Waals surface area contributed by atoms with E-state index in [0.29, 0.717) is 17.6 Å². The molecule has 0 amide bonds. The van der Waals surface area contributed by atoms with Crippen molar-refractivity contribution in [3.05, 3.63) is 59.5 Å². The zero-order valence-corrected chi connectivity index (χ0v) is 12.3. The lowest BCUT2D eigenvalue weighted by atomic mass is 10.0. The molecule has 19 heavy (non-hydrogen) atoms. The monoisotopic (exact) mass is 260 g/mol. The fraction of sp³-hybridized carbons (Fsp3) is 0.412. The standard InChI is InChI=1S/C9H12.C8H12O2/c1-8(2)9-6-4-3-5-7-9;1-6(2)8-4-3-7(5-9)10-8/h3-8H,1-2H3;3-4,6,9H,5H2,1-2H3. The topological polar surface area (TPSA) is 33.4 Å². The van der Waals surface area contributed by atoms with Crippen LogP contribution in [-0.4, -0.2) is 5.11 Å². The molecule has 2 aromatic rings. The third-order valence-corrected chi connectivity index (χ3v) is 2.87. The summed E-state index contributed by atoms with van der Waals surface area (Å²) >= 11 is 0. The first-order valence-corrected chi connectivity index (χ1v) is 6.79. The lowest BCUT2D eigenvalue weighted by Gasteiger charge is -2.01. The molecule has 0 unspecified atom stereocenters. The van der Waals surface area contributed by atoms with Crippen LogP contribution in [0.5, 0.6) is 0 Å². The molecule has 0 spiro atoms. The van der Waals surface area contributed by atoms with E-state index < -0.39 is 0 Å². The van der Waals surface area contributed by atoms with Gasteiger partial charge in [0.15, 0.2) is 0 Å². The molecule has 1 heterocycles. The summed E-state index contributed by atoms with van der Waals surface area (Å²) in [4.78, 5) is 0. The summed E-state index contributed by atoms with van der Waals surface area (Å²) in [6, 6.07) is 14.2. The number of furan rings is 1. The average Bonchev–Trinajstić information content (AvgIpc) is 2.89. The van der Waals surface area contributed by atoms with Gasteiger partial charge in [-0.3, -0.25) is 0 Å². The van der Waals surface area contributed by atoms with Gasteiger partial charge >= 0.3 is 0 Å². The lowest BCUT2D eigenvalue weighted by Crippen LogP contribution is -1.83. The first-order chi connectivity index (χ1) is 9.04. The van der Waals surface area contributed by atoms with E-state index in [2.05, 4.69) is 52.0 Å². The van der Waals surface area contributed by atoms with Gasteiger partial charge in [0.25, 0.3) is 0 Å². The molecule has 2 rings (SSSR count). The Hall–Kier alpha value is -1.54. The van der Waals surface area contributed by atoms with Crippen molar-refractivity contribution >= 4 is 0 Å². The van der Waals surface area contributed by atoms with Crippen LogP contribution in [0, 0.1) is 0 Å². The SMILES string of the molecule is CC(C)c1ccc(CO)o1.CC(C)c1ccccc1. The number of hydrogen-bond donors (Lipinski definition) is 1. The molecule has 0 atom stereocenters. The quantitative estimate of drug-likeness (QED) is 0.867. The number of aliphatic hydroxyl groups excluding tert-OH is 1. The van der Waals surface area contributed by atoms with Crippen molar-refractivity contribution in [2.45, 2.75) is 46.1 Å². The van der Waals surface area contributed by atoms with Gasteiger partial charge in [0.2, 0.25) is 0 Å². The predicted octanol–water partition coefficient (Wildman–Crippen LogP) is 4.71. The molecular weight excluding hydrogens is 236 g/mol. The van der Waals surface area contributed by atoms with Gasteiger partial charge < -0.3 is 9.52 Å². The molecule has 104 valence electrons. The summed E-state index contributed by atoms with van der Waals surface area (Å²) in [6.07, 6.45) is 0. The predicted molar refractivity (Wildman–Crippen MR) is 79.3 cm³/mol. The number of hydrogen-bond acceptors (Lipinski definition) is 2. The Morgan fingerprint density at radius 2 is 1.53 bits per heavy atom. The number of aliphatic hydroxyl groups is 1. The fourth-order valence-electron chi connectivity index (χ4n) is 1.63. The summed E-state index contributed by atoms with van der Waals surface area (Å²) in [7, 11) is 0. The summed E-state index contributed by atoms with van der Waals surface area (Å²) in [5.74, 6) is 2.64. The highest BCUT2D eigenvalue weighted by molar-refractivity contribution is 5.17. The average molecular weight is 260 g/mol. The molecule has 0 radical (unpaired) electrons. The van der Waals surface area contributed by atoms with Crippen molar-refractivity contribution in [3.8, 4) is 0 Å². The Morgan fingerprint density at radius 3 is 1.84 bits per heavy atom. The molecule has 1 N–H and O–H groups in total. The molecule has 1 aromatic heterocycles. The van der Waals surface area contributed by atoms with Crippen molar-refractivity contribution in [1.82, 2.24) is 0 Å². The first kappa shape index (κ1) is 15.5. The maximum absolute atomic E-state index is 8.64. The van der Waals surface area contributed by atoms with Crippen LogP contribution in [0.15, 0.2) is 46.9 Å². The van der Waals surface area contributed by atoms with Crippen LogP contribution >= 0.6 is 0 Å². The van der Waals surface area contributed by atoms with Crippen molar-refractivity contribution in [3.63, 3.8) is 0 Å². The van der Waals surface area contributed by atoms with Crippen molar-refractivity contribution in [1.29, 1.82) is 0 Å². The van der Waals surface area contributed by atoms with Crippen LogP contribution in [-0.2, 0) is 6.61 Å². The van der Waals surface area contributed by atoms with E-state index in [4.69, 9.17) is 9.52 Å². The second-order valence-corrected chi connectivity index (χ2v) is 5.18. The van der Waals surface area contributed by atoms with Crippen LogP contribution in [0.2, 0.25) is 0 Å². The Labute approximate surface area is 116 Å². The molecule has 2 nitrogen and oxygen atoms in total. The van der Waals surface area contributed by atoms with Gasteiger partial charge in [-0.05, 0) is 23.6 Å². The van der Waals surface area contributed by atoms with Crippen molar-refractivity contribution in [2.24, 2.45) is 0 Å². The van der Waals surface area contributed by atoms with Gasteiger partial charge in [0, 0.05) is 5.92 Å². The highest BCUT2D eigenvalue weighted by atomic mass is 16.4. The van der Waals surface area contributed by atoms with E-state index in [1.54, 1.807) is 6.07 Å². The molecule has 1 aromatic carbocycles. The molecular formula is C17H24O2. The zero-order chi connectivity index (χ0) is 14.3. The summed E-state index contributed by atoms with van der Waals surface area (Å²) in [5, 5.41) is 8.64. The molecule has 0 saturated carbocycles. The smallest absolute Gasteiger partial charge is 0.129 e. The normalized spacial score (nSPS) is 10.5. The molecule has 0 aliphatic carbocycles. The van der Waals surface area contributed by atoms with E-state index in [1.165, 1.54) is 5.56 Å². The largest absolute Gasteiger partial charge is 0.463 e. The first-order valence-electron chi connectivity index (χ1n) is 6.79. The van der Waals surface area contributed by atoms with Crippen LogP contribution < -0.4 is 0 Å². The third-order valence-electron chi connectivity index (χ3n) is 2.87. The van der Waals surface area contributed by atoms with Gasteiger partial charge in [0.05, 0.1) is 0 Å². The highest BCUT2D eigenvalue weighted by Crippen LogP contribution is 2.17. The minimum absolute atomic E-state index is 0.00722. The summed E-state index contributed by atoms with van der Waals surface area (Å²) in [6.45, 7) is 8.51. The second-order valence-electron chi connectivity index (χ2n) is 5.18. The van der Waals surface area contributed by atoms with Gasteiger partial charge in [0.1, 0.15) is 18.1 Å². The molecule has 0 aliphatic heterocycles. The Balaban J connectivity index is 0.000000191. The Kier molecular flexibility index (Phi) is 6.37. The Bertz CT molecular complexity index is 455. The van der Waals surface area contributed by atoms with Crippen LogP contribution in [0.25, 0.3) is 0 Å². The molecule has 0 aliphatic rings. The van der Waals surface area contributed by atoms with Gasteiger partial charge in [-0.2, -0.15) is 0 Å². The lowest BCUT2D eigenvalue weighted by molar-refractivity contribution is 0.242. The zero-order valence-electron chi connectivity index (χ0n) is 12.3. The molecule has 2 heteroatoms. The summed E-state index contributed by atoms with van der Waals surface area (Å²) < 4.78 is 5.24. The van der Waals surface area contributed by atoms with E-state index in [0.717, 1.165) is 5.76 Å². The van der Waals surface area contributed by atoms with Gasteiger partial charge in [-0.25, -0.2) is 0 Å².